The quantitative estimate of drug-likeness (QED) is 0.569. The summed E-state index contributed by atoms with van der Waals surface area (Å²) in [5, 5.41) is 3.12. The summed E-state index contributed by atoms with van der Waals surface area (Å²) in [7, 11) is -3.71. The van der Waals surface area contributed by atoms with Crippen LogP contribution in [0.2, 0.25) is 0 Å². The number of rotatable bonds is 7. The lowest BCUT2D eigenvalue weighted by Gasteiger charge is -2.32. The summed E-state index contributed by atoms with van der Waals surface area (Å²) in [6, 6.07) is 6.56. The van der Waals surface area contributed by atoms with Gasteiger partial charge in [-0.3, -0.25) is 4.79 Å². The summed E-state index contributed by atoms with van der Waals surface area (Å²) in [5.41, 5.74) is 2.01. The predicted octanol–water partition coefficient (Wildman–Crippen LogP) is 2.69. The monoisotopic (exact) mass is 473 g/mol. The summed E-state index contributed by atoms with van der Waals surface area (Å²) >= 11 is 1.64. The van der Waals surface area contributed by atoms with E-state index < -0.39 is 10.0 Å². The maximum Gasteiger partial charge on any atom is 0.241 e. The van der Waals surface area contributed by atoms with Crippen LogP contribution in [0, 0.1) is 13.8 Å². The molecule has 0 saturated carbocycles. The van der Waals surface area contributed by atoms with Crippen LogP contribution in [0.3, 0.4) is 0 Å². The van der Waals surface area contributed by atoms with Gasteiger partial charge in [0.2, 0.25) is 15.9 Å². The highest BCUT2D eigenvalue weighted by molar-refractivity contribution is 7.89. The number of thiazole rings is 1. The molecule has 1 aromatic carbocycles. The summed E-state index contributed by atoms with van der Waals surface area (Å²) in [6.07, 6.45) is 5.38. The molecule has 1 aliphatic rings. The minimum atomic E-state index is -3.71. The van der Waals surface area contributed by atoms with Crippen LogP contribution in [0.1, 0.15) is 40.8 Å². The summed E-state index contributed by atoms with van der Waals surface area (Å²) in [6.45, 7) is 5.51. The number of piperidine rings is 1. The summed E-state index contributed by atoms with van der Waals surface area (Å²) in [4.78, 5) is 23.6. The van der Waals surface area contributed by atoms with Crippen molar-refractivity contribution < 1.29 is 13.2 Å². The zero-order chi connectivity index (χ0) is 22.7. The number of imidazole rings is 1. The molecule has 0 atom stereocenters. The van der Waals surface area contributed by atoms with E-state index in [9.17, 15) is 13.2 Å². The molecule has 4 rings (SSSR count). The third kappa shape index (κ3) is 5.25. The van der Waals surface area contributed by atoms with E-state index in [0.717, 1.165) is 34.9 Å². The molecule has 0 aliphatic carbocycles. The number of hydrogen-bond acceptors (Lipinski definition) is 6. The molecule has 2 aromatic heterocycles. The van der Waals surface area contributed by atoms with E-state index >= 15 is 0 Å². The van der Waals surface area contributed by atoms with Gasteiger partial charge in [0.05, 0.1) is 28.7 Å². The van der Waals surface area contributed by atoms with E-state index in [0.29, 0.717) is 19.6 Å². The summed E-state index contributed by atoms with van der Waals surface area (Å²) in [5.74, 6) is 1.07. The standard InChI is InChI=1S/C22H27N5O3S2/c1-16-3-5-20(6-4-16)32(29,30)24-13-21(28)26-10-7-18(8-11-26)22-23-9-12-27(22)14-19-15-31-17(2)25-19/h3-6,9,12,15,18,24H,7-8,10-11,13-14H2,1-2H3. The van der Waals surface area contributed by atoms with Gasteiger partial charge in [0, 0.05) is 36.8 Å². The zero-order valence-corrected chi connectivity index (χ0v) is 19.8. The molecule has 0 unspecified atom stereocenters. The second-order valence-corrected chi connectivity index (χ2v) is 10.9. The van der Waals surface area contributed by atoms with E-state index in [2.05, 4.69) is 24.6 Å². The molecule has 0 spiro atoms. The van der Waals surface area contributed by atoms with Gasteiger partial charge in [-0.1, -0.05) is 17.7 Å². The van der Waals surface area contributed by atoms with Crippen molar-refractivity contribution in [3.05, 3.63) is 64.1 Å². The average molecular weight is 474 g/mol. The van der Waals surface area contributed by atoms with Gasteiger partial charge in [-0.15, -0.1) is 11.3 Å². The van der Waals surface area contributed by atoms with Crippen molar-refractivity contribution in [1.29, 1.82) is 0 Å². The normalized spacial score (nSPS) is 15.2. The molecule has 1 aliphatic heterocycles. The zero-order valence-electron chi connectivity index (χ0n) is 18.2. The van der Waals surface area contributed by atoms with E-state index in [4.69, 9.17) is 0 Å². The third-order valence-electron chi connectivity index (χ3n) is 5.70. The molecule has 1 N–H and O–H groups in total. The van der Waals surface area contributed by atoms with Crippen molar-refractivity contribution >= 4 is 27.3 Å². The first-order valence-corrected chi connectivity index (χ1v) is 12.9. The number of likely N-dealkylation sites (tertiary alicyclic amines) is 1. The van der Waals surface area contributed by atoms with Crippen LogP contribution >= 0.6 is 11.3 Å². The van der Waals surface area contributed by atoms with Crippen LogP contribution in [0.5, 0.6) is 0 Å². The van der Waals surface area contributed by atoms with Gasteiger partial charge in [0.15, 0.2) is 0 Å². The minimum absolute atomic E-state index is 0.164. The maximum absolute atomic E-state index is 12.6. The molecule has 1 amide bonds. The Bertz CT molecular complexity index is 1180. The molecule has 1 fully saturated rings. The van der Waals surface area contributed by atoms with Crippen molar-refractivity contribution in [3.8, 4) is 0 Å². The highest BCUT2D eigenvalue weighted by atomic mass is 32.2. The average Bonchev–Trinajstić information content (AvgIpc) is 3.41. The Morgan fingerprint density at radius 2 is 1.91 bits per heavy atom. The number of sulfonamides is 1. The maximum atomic E-state index is 12.6. The van der Waals surface area contributed by atoms with Crippen LogP contribution in [-0.2, 0) is 21.4 Å². The fourth-order valence-corrected chi connectivity index (χ4v) is 5.50. The van der Waals surface area contributed by atoms with Gasteiger partial charge in [0.25, 0.3) is 0 Å². The Hall–Kier alpha value is -2.56. The Morgan fingerprint density at radius 3 is 2.56 bits per heavy atom. The fraction of sp³-hybridized carbons (Fsp3) is 0.409. The predicted molar refractivity (Wildman–Crippen MR) is 123 cm³/mol. The first kappa shape index (κ1) is 22.6. The number of aromatic nitrogens is 3. The third-order valence-corrected chi connectivity index (χ3v) is 7.94. The lowest BCUT2D eigenvalue weighted by atomic mass is 9.96. The van der Waals surface area contributed by atoms with Crippen LogP contribution in [-0.4, -0.2) is 53.4 Å². The van der Waals surface area contributed by atoms with Crippen LogP contribution in [0.25, 0.3) is 0 Å². The second-order valence-electron chi connectivity index (χ2n) is 8.06. The van der Waals surface area contributed by atoms with Gasteiger partial charge >= 0.3 is 0 Å². The van der Waals surface area contributed by atoms with Crippen molar-refractivity contribution in [1.82, 2.24) is 24.2 Å². The molecule has 0 radical (unpaired) electrons. The van der Waals surface area contributed by atoms with Crippen molar-refractivity contribution in [2.75, 3.05) is 19.6 Å². The van der Waals surface area contributed by atoms with Gasteiger partial charge < -0.3 is 9.47 Å². The minimum Gasteiger partial charge on any atom is -0.342 e. The molecule has 3 aromatic rings. The molecule has 8 nitrogen and oxygen atoms in total. The number of carbonyl (C=O) groups excluding carboxylic acids is 1. The van der Waals surface area contributed by atoms with Crippen LogP contribution < -0.4 is 4.72 Å². The van der Waals surface area contributed by atoms with Crippen LogP contribution in [0.15, 0.2) is 46.9 Å². The second kappa shape index (κ2) is 9.51. The molecule has 3 heterocycles. The van der Waals surface area contributed by atoms with Crippen molar-refractivity contribution in [2.24, 2.45) is 0 Å². The number of nitrogens with zero attached hydrogens (tertiary/aromatic N) is 4. The lowest BCUT2D eigenvalue weighted by molar-refractivity contribution is -0.131. The van der Waals surface area contributed by atoms with E-state index in [1.165, 1.54) is 0 Å². The van der Waals surface area contributed by atoms with Crippen LogP contribution in [0.4, 0.5) is 0 Å². The molecule has 32 heavy (non-hydrogen) atoms. The Labute approximate surface area is 192 Å². The topological polar surface area (TPSA) is 97.2 Å². The summed E-state index contributed by atoms with van der Waals surface area (Å²) < 4.78 is 29.4. The number of nitrogens with one attached hydrogen (secondary N) is 1. The first-order chi connectivity index (χ1) is 15.3. The molecule has 0 bridgehead atoms. The SMILES string of the molecule is Cc1ccc(S(=O)(=O)NCC(=O)N2CCC(c3nccn3Cc3csc(C)n3)CC2)cc1. The fourth-order valence-electron chi connectivity index (χ4n) is 3.93. The molecular weight excluding hydrogens is 446 g/mol. The number of aryl methyl sites for hydroxylation is 2. The largest absolute Gasteiger partial charge is 0.342 e. The van der Waals surface area contributed by atoms with Gasteiger partial charge in [0.1, 0.15) is 5.82 Å². The van der Waals surface area contributed by atoms with Gasteiger partial charge in [-0.25, -0.2) is 23.1 Å². The molecular formula is C22H27N5O3S2. The first-order valence-electron chi connectivity index (χ1n) is 10.6. The number of amides is 1. The highest BCUT2D eigenvalue weighted by Gasteiger charge is 2.27. The Morgan fingerprint density at radius 1 is 1.19 bits per heavy atom. The van der Waals surface area contributed by atoms with E-state index in [1.54, 1.807) is 40.5 Å². The Kier molecular flexibility index (Phi) is 6.73. The molecule has 1 saturated heterocycles. The molecule has 10 heteroatoms. The van der Waals surface area contributed by atoms with Crippen molar-refractivity contribution in [3.63, 3.8) is 0 Å². The highest BCUT2D eigenvalue weighted by Crippen LogP contribution is 2.27. The Balaban J connectivity index is 1.31. The lowest BCUT2D eigenvalue weighted by Crippen LogP contribution is -2.44. The number of carbonyl (C=O) groups is 1. The van der Waals surface area contributed by atoms with Gasteiger partial charge in [-0.2, -0.15) is 0 Å². The number of hydrogen-bond donors (Lipinski definition) is 1. The van der Waals surface area contributed by atoms with Gasteiger partial charge in [-0.05, 0) is 38.8 Å². The number of benzene rings is 1. The smallest absolute Gasteiger partial charge is 0.241 e. The van der Waals surface area contributed by atoms with E-state index in [-0.39, 0.29) is 23.3 Å². The molecule has 170 valence electrons. The van der Waals surface area contributed by atoms with Crippen molar-refractivity contribution in [2.45, 2.75) is 44.0 Å². The van der Waals surface area contributed by atoms with E-state index in [1.807, 2.05) is 26.2 Å².